The van der Waals surface area contributed by atoms with Crippen molar-refractivity contribution in [2.24, 2.45) is 4.99 Å². The Morgan fingerprint density at radius 2 is 1.68 bits per heavy atom. The van der Waals surface area contributed by atoms with Crippen molar-refractivity contribution in [3.63, 3.8) is 0 Å². The highest BCUT2D eigenvalue weighted by atomic mass is 32.1. The van der Waals surface area contributed by atoms with Gasteiger partial charge in [0.05, 0.1) is 39.0 Å². The maximum atomic E-state index is 5.60. The number of para-hydroxylation sites is 1. The SMILES string of the molecule is COc1cc(-c2csc(=Nc3c(C)cccc3C)n2CCCn2ccnc2)cc(OC)c1OC. The van der Waals surface area contributed by atoms with E-state index < -0.39 is 0 Å². The Bertz CT molecular complexity index is 1280. The molecule has 0 N–H and O–H groups in total. The summed E-state index contributed by atoms with van der Waals surface area (Å²) >= 11 is 1.63. The molecule has 0 saturated heterocycles. The van der Waals surface area contributed by atoms with Crippen LogP contribution in [0.15, 0.2) is 59.4 Å². The number of hydrogen-bond acceptors (Lipinski definition) is 6. The van der Waals surface area contributed by atoms with E-state index in [4.69, 9.17) is 19.2 Å². The number of rotatable bonds is 9. The van der Waals surface area contributed by atoms with Gasteiger partial charge < -0.3 is 23.3 Å². The van der Waals surface area contributed by atoms with Crippen molar-refractivity contribution in [2.75, 3.05) is 21.3 Å². The number of aryl methyl sites for hydroxylation is 3. The van der Waals surface area contributed by atoms with Crippen molar-refractivity contribution in [1.82, 2.24) is 14.1 Å². The first-order chi connectivity index (χ1) is 16.5. The number of ether oxygens (including phenoxy) is 3. The lowest BCUT2D eigenvalue weighted by atomic mass is 10.1. The van der Waals surface area contributed by atoms with Gasteiger partial charge in [-0.25, -0.2) is 9.98 Å². The summed E-state index contributed by atoms with van der Waals surface area (Å²) in [7, 11) is 4.88. The van der Waals surface area contributed by atoms with Gasteiger partial charge in [-0.05, 0) is 43.5 Å². The largest absolute Gasteiger partial charge is 0.493 e. The summed E-state index contributed by atoms with van der Waals surface area (Å²) < 4.78 is 21.1. The van der Waals surface area contributed by atoms with E-state index in [0.29, 0.717) is 17.2 Å². The molecule has 4 aromatic rings. The van der Waals surface area contributed by atoms with Crippen molar-refractivity contribution < 1.29 is 14.2 Å². The molecule has 7 nitrogen and oxygen atoms in total. The zero-order valence-electron chi connectivity index (χ0n) is 20.2. The lowest BCUT2D eigenvalue weighted by Crippen LogP contribution is -2.17. The average Bonchev–Trinajstić information content (AvgIpc) is 3.51. The van der Waals surface area contributed by atoms with Gasteiger partial charge in [0.2, 0.25) is 5.75 Å². The standard InChI is InChI=1S/C26H30N4O3S/c1-18-8-6-9-19(2)24(18)28-26-30(12-7-11-29-13-10-27-17-29)21(16-34-26)20-14-22(31-3)25(33-5)23(15-20)32-4/h6,8-10,13-17H,7,11-12H2,1-5H3. The van der Waals surface area contributed by atoms with E-state index in [9.17, 15) is 0 Å². The summed E-state index contributed by atoms with van der Waals surface area (Å²) in [5.74, 6) is 1.83. The van der Waals surface area contributed by atoms with Gasteiger partial charge in [0.1, 0.15) is 0 Å². The molecule has 0 spiro atoms. The molecule has 0 fully saturated rings. The smallest absolute Gasteiger partial charge is 0.203 e. The van der Waals surface area contributed by atoms with E-state index in [-0.39, 0.29) is 0 Å². The molecule has 2 aromatic carbocycles. The van der Waals surface area contributed by atoms with E-state index in [2.05, 4.69) is 51.5 Å². The summed E-state index contributed by atoms with van der Waals surface area (Å²) in [4.78, 5) is 10.2. The predicted molar refractivity (Wildman–Crippen MR) is 135 cm³/mol. The number of methoxy groups -OCH3 is 3. The molecule has 0 aliphatic heterocycles. The van der Waals surface area contributed by atoms with Crippen LogP contribution in [0.4, 0.5) is 5.69 Å². The molecule has 2 heterocycles. The number of thiazole rings is 1. The number of aromatic nitrogens is 3. The zero-order valence-corrected chi connectivity index (χ0v) is 21.1. The van der Waals surface area contributed by atoms with Crippen molar-refractivity contribution in [2.45, 2.75) is 33.4 Å². The van der Waals surface area contributed by atoms with Crippen molar-refractivity contribution >= 4 is 17.0 Å². The molecular formula is C26H30N4O3S. The van der Waals surface area contributed by atoms with Gasteiger partial charge in [-0.15, -0.1) is 11.3 Å². The van der Waals surface area contributed by atoms with Crippen LogP contribution >= 0.6 is 11.3 Å². The predicted octanol–water partition coefficient (Wildman–Crippen LogP) is 5.38. The highest BCUT2D eigenvalue weighted by molar-refractivity contribution is 7.07. The van der Waals surface area contributed by atoms with Gasteiger partial charge >= 0.3 is 0 Å². The second-order valence-electron chi connectivity index (χ2n) is 7.98. The van der Waals surface area contributed by atoms with Gasteiger partial charge in [0.25, 0.3) is 0 Å². The van der Waals surface area contributed by atoms with E-state index in [1.165, 1.54) is 0 Å². The molecule has 0 atom stereocenters. The molecule has 0 aliphatic rings. The van der Waals surface area contributed by atoms with Crippen LogP contribution in [0.5, 0.6) is 17.2 Å². The zero-order chi connectivity index (χ0) is 24.1. The summed E-state index contributed by atoms with van der Waals surface area (Å²) in [6.07, 6.45) is 6.58. The van der Waals surface area contributed by atoms with E-state index >= 15 is 0 Å². The third-order valence-electron chi connectivity index (χ3n) is 5.76. The Morgan fingerprint density at radius 3 is 2.26 bits per heavy atom. The van der Waals surface area contributed by atoms with E-state index in [0.717, 1.165) is 52.4 Å². The second kappa shape index (κ2) is 10.6. The molecule has 0 saturated carbocycles. The Kier molecular flexibility index (Phi) is 7.37. The van der Waals surface area contributed by atoms with Crippen LogP contribution in [0, 0.1) is 13.8 Å². The molecule has 0 aliphatic carbocycles. The van der Waals surface area contributed by atoms with Gasteiger partial charge in [-0.2, -0.15) is 0 Å². The molecule has 0 radical (unpaired) electrons. The minimum atomic E-state index is 0.580. The maximum absolute atomic E-state index is 5.60. The second-order valence-corrected chi connectivity index (χ2v) is 8.81. The quantitative estimate of drug-likeness (QED) is 0.324. The monoisotopic (exact) mass is 478 g/mol. The minimum absolute atomic E-state index is 0.580. The number of nitrogens with zero attached hydrogens (tertiary/aromatic N) is 4. The number of imidazole rings is 1. The first kappa shape index (κ1) is 23.6. The normalized spacial score (nSPS) is 11.6. The molecule has 178 valence electrons. The van der Waals surface area contributed by atoms with E-state index in [1.54, 1.807) is 38.9 Å². The summed E-state index contributed by atoms with van der Waals surface area (Å²) in [5, 5.41) is 2.14. The molecule has 2 aromatic heterocycles. The Hall–Kier alpha value is -3.52. The molecule has 8 heteroatoms. The minimum Gasteiger partial charge on any atom is -0.493 e. The molecule has 4 rings (SSSR count). The van der Waals surface area contributed by atoms with Gasteiger partial charge in [0.15, 0.2) is 16.3 Å². The Morgan fingerprint density at radius 1 is 0.971 bits per heavy atom. The van der Waals surface area contributed by atoms with Crippen molar-refractivity contribution in [3.8, 4) is 28.5 Å². The summed E-state index contributed by atoms with van der Waals surface area (Å²) in [6, 6.07) is 10.2. The van der Waals surface area contributed by atoms with Crippen LogP contribution in [-0.4, -0.2) is 35.4 Å². The molecular weight excluding hydrogens is 448 g/mol. The van der Waals surface area contributed by atoms with Crippen LogP contribution in [0.25, 0.3) is 11.3 Å². The fraction of sp³-hybridized carbons (Fsp3) is 0.308. The maximum Gasteiger partial charge on any atom is 0.203 e. The fourth-order valence-corrected chi connectivity index (χ4v) is 4.94. The van der Waals surface area contributed by atoms with Crippen LogP contribution in [0.3, 0.4) is 0 Å². The molecule has 0 bridgehead atoms. The molecule has 0 amide bonds. The van der Waals surface area contributed by atoms with Gasteiger partial charge in [0, 0.05) is 36.4 Å². The van der Waals surface area contributed by atoms with Gasteiger partial charge in [-0.3, -0.25) is 0 Å². The van der Waals surface area contributed by atoms with Crippen molar-refractivity contribution in [3.05, 3.63) is 70.4 Å². The highest BCUT2D eigenvalue weighted by Crippen LogP contribution is 2.41. The first-order valence-electron chi connectivity index (χ1n) is 11.1. The lowest BCUT2D eigenvalue weighted by Gasteiger charge is -2.15. The van der Waals surface area contributed by atoms with E-state index in [1.807, 2.05) is 24.7 Å². The first-order valence-corrected chi connectivity index (χ1v) is 12.0. The van der Waals surface area contributed by atoms with Crippen LogP contribution in [0.2, 0.25) is 0 Å². The topological polar surface area (TPSA) is 62.8 Å². The van der Waals surface area contributed by atoms with Gasteiger partial charge in [-0.1, -0.05) is 18.2 Å². The number of benzene rings is 2. The fourth-order valence-electron chi connectivity index (χ4n) is 4.00. The highest BCUT2D eigenvalue weighted by Gasteiger charge is 2.17. The summed E-state index contributed by atoms with van der Waals surface area (Å²) in [6.45, 7) is 5.88. The average molecular weight is 479 g/mol. The van der Waals surface area contributed by atoms with Crippen LogP contribution in [0.1, 0.15) is 17.5 Å². The Balaban J connectivity index is 1.82. The lowest BCUT2D eigenvalue weighted by molar-refractivity contribution is 0.324. The molecule has 0 unspecified atom stereocenters. The number of hydrogen-bond donors (Lipinski definition) is 0. The third-order valence-corrected chi connectivity index (χ3v) is 6.63. The summed E-state index contributed by atoms with van der Waals surface area (Å²) in [5.41, 5.74) is 5.38. The van der Waals surface area contributed by atoms with Crippen LogP contribution < -0.4 is 19.0 Å². The third kappa shape index (κ3) is 4.87. The van der Waals surface area contributed by atoms with Crippen LogP contribution in [-0.2, 0) is 13.1 Å². The Labute approximate surface area is 203 Å². The molecule has 34 heavy (non-hydrogen) atoms. The van der Waals surface area contributed by atoms with Crippen molar-refractivity contribution in [1.29, 1.82) is 0 Å².